The Morgan fingerprint density at radius 1 is 1.67 bits per heavy atom. The van der Waals surface area contributed by atoms with Crippen molar-refractivity contribution in [2.75, 3.05) is 13.3 Å². The number of carbonyl (C=O) groups excluding carboxylic acids is 1. The van der Waals surface area contributed by atoms with Gasteiger partial charge in [-0.25, -0.2) is 14.3 Å². The van der Waals surface area contributed by atoms with E-state index in [9.17, 15) is 24.1 Å². The lowest BCUT2D eigenvalue weighted by molar-refractivity contribution is -0.118. The molecule has 2 rings (SSSR count). The molecule has 152 valence electrons. The van der Waals surface area contributed by atoms with Crippen molar-refractivity contribution in [2.45, 2.75) is 50.8 Å². The first kappa shape index (κ1) is 14.4. The summed E-state index contributed by atoms with van der Waals surface area (Å²) in [4.78, 5) is 36.8. The third-order valence-corrected chi connectivity index (χ3v) is 5.17. The molecule has 0 bridgehead atoms. The monoisotopic (exact) mass is 414 g/mol. The van der Waals surface area contributed by atoms with Crippen molar-refractivity contribution in [3.05, 3.63) is 33.1 Å². The number of nitrogens with one attached hydrogen (secondary N) is 2. The number of carbonyl (C=O) groups is 1. The Balaban J connectivity index is 2.31. The zero-order valence-electron chi connectivity index (χ0n) is 20.3. The fraction of sp³-hybridized carbons (Fsp3) is 0.667. The van der Waals surface area contributed by atoms with Crippen LogP contribution in [0.5, 0.6) is 0 Å². The number of H-pyrrole nitrogens is 1. The molecule has 0 aliphatic carbocycles. The molecule has 0 spiro atoms. The van der Waals surface area contributed by atoms with E-state index in [1.54, 1.807) is 4.98 Å². The third kappa shape index (κ3) is 4.80. The maximum absolute atomic E-state index is 15.7. The van der Waals surface area contributed by atoms with Crippen LogP contribution in [0.2, 0.25) is 0 Å². The van der Waals surface area contributed by atoms with Crippen LogP contribution in [0, 0.1) is 0 Å². The van der Waals surface area contributed by atoms with Gasteiger partial charge in [0.2, 0.25) is 0 Å². The van der Waals surface area contributed by atoms with Crippen molar-refractivity contribution in [3.63, 3.8) is 0 Å². The fourth-order valence-corrected chi connectivity index (χ4v) is 3.50. The fourth-order valence-electron chi connectivity index (χ4n) is 2.34. The highest BCUT2D eigenvalue weighted by molar-refractivity contribution is 7.56. The van der Waals surface area contributed by atoms with Crippen molar-refractivity contribution < 1.29 is 36.3 Å². The number of halogens is 1. The lowest BCUT2D eigenvalue weighted by Gasteiger charge is -2.24. The Morgan fingerprint density at radius 3 is 2.93 bits per heavy atom. The summed E-state index contributed by atoms with van der Waals surface area (Å²) < 4.78 is 83.8. The zero-order valence-corrected chi connectivity index (χ0v) is 15.2. The Morgan fingerprint density at radius 2 is 2.37 bits per heavy atom. The van der Waals surface area contributed by atoms with Crippen LogP contribution >= 0.6 is 7.52 Å². The number of nitrogens with zero attached hydrogens (tertiary/aromatic N) is 1. The van der Waals surface area contributed by atoms with Gasteiger partial charge in [-0.3, -0.25) is 23.7 Å². The molecule has 1 aromatic rings. The second-order valence-electron chi connectivity index (χ2n) is 6.07. The van der Waals surface area contributed by atoms with Gasteiger partial charge in [-0.1, -0.05) is 0 Å². The van der Waals surface area contributed by atoms with E-state index >= 15 is 4.39 Å². The average molecular weight is 414 g/mol. The number of aliphatic hydroxyl groups excluding tert-OH is 1. The molecule has 1 aliphatic rings. The van der Waals surface area contributed by atoms with E-state index in [-0.39, 0.29) is 0 Å². The van der Waals surface area contributed by atoms with Gasteiger partial charge in [-0.05, 0) is 20.6 Å². The molecule has 1 saturated heterocycles. The molecule has 2 heterocycles. The highest BCUT2D eigenvalue weighted by Crippen LogP contribution is 2.44. The minimum absolute atomic E-state index is 0.432. The molecule has 0 saturated carbocycles. The Kier molecular flexibility index (Phi) is 4.13. The van der Waals surface area contributed by atoms with Gasteiger partial charge in [0.25, 0.3) is 13.1 Å². The summed E-state index contributed by atoms with van der Waals surface area (Å²) in [6, 6.07) is -1.04. The molecule has 3 N–H and O–H groups in total. The number of aromatic nitrogens is 2. The van der Waals surface area contributed by atoms with Crippen LogP contribution in [0.1, 0.15) is 35.1 Å². The van der Waals surface area contributed by atoms with E-state index in [1.165, 1.54) is 0 Å². The smallest absolute Gasteiger partial charge is 0.330 e. The van der Waals surface area contributed by atoms with Gasteiger partial charge >= 0.3 is 5.69 Å². The Hall–Kier alpha value is -1.65. The summed E-state index contributed by atoms with van der Waals surface area (Å²) in [5, 5.41) is 12.5. The summed E-state index contributed by atoms with van der Waals surface area (Å²) in [5.41, 5.74) is -5.60. The predicted octanol–water partition coefficient (Wildman–Crippen LogP) is -0.0703. The number of ketones is 1. The number of alkyl halides is 1. The number of aromatic amines is 1. The van der Waals surface area contributed by atoms with E-state index in [0.717, 1.165) is 25.9 Å². The molecule has 12 heteroatoms. The number of hydrogen-bond donors (Lipinski definition) is 3. The van der Waals surface area contributed by atoms with Crippen LogP contribution in [-0.2, 0) is 18.6 Å². The van der Waals surface area contributed by atoms with Crippen LogP contribution in [0.15, 0.2) is 21.9 Å². The van der Waals surface area contributed by atoms with Crippen LogP contribution in [0.3, 0.4) is 0 Å². The van der Waals surface area contributed by atoms with E-state index in [0.29, 0.717) is 4.57 Å². The predicted molar refractivity (Wildman–Crippen MR) is 93.5 cm³/mol. The summed E-state index contributed by atoms with van der Waals surface area (Å²) in [6.45, 7) is -5.41. The number of rotatable bonds is 7. The maximum atomic E-state index is 15.7. The van der Waals surface area contributed by atoms with Gasteiger partial charge in [0.1, 0.15) is 18.0 Å². The van der Waals surface area contributed by atoms with Crippen molar-refractivity contribution in [2.24, 2.45) is 0 Å². The highest BCUT2D eigenvalue weighted by atomic mass is 31.2. The van der Waals surface area contributed by atoms with E-state index in [1.807, 2.05) is 0 Å². The summed E-state index contributed by atoms with van der Waals surface area (Å²) >= 11 is 0. The first-order valence-corrected chi connectivity index (χ1v) is 9.72. The summed E-state index contributed by atoms with van der Waals surface area (Å²) in [7, 11) is -4.07. The maximum Gasteiger partial charge on any atom is 0.330 e. The lowest BCUT2D eigenvalue weighted by atomic mass is 10.0. The van der Waals surface area contributed by atoms with Crippen molar-refractivity contribution in [1.29, 1.82) is 0 Å². The number of hydrogen-bond acceptors (Lipinski definition) is 7. The molecule has 1 aliphatic heterocycles. The molecule has 1 fully saturated rings. The van der Waals surface area contributed by atoms with Crippen molar-refractivity contribution in [3.8, 4) is 0 Å². The first-order valence-electron chi connectivity index (χ1n) is 10.7. The first-order chi connectivity index (χ1) is 14.8. The van der Waals surface area contributed by atoms with Gasteiger partial charge in [-0.15, -0.1) is 0 Å². The van der Waals surface area contributed by atoms with Crippen LogP contribution < -0.4 is 16.3 Å². The SMILES string of the molecule is [2H]C([2H])([2H])[C@H](N[P@](C)(=O)OC[C@H]1O[C@@H](n2ccc(=O)[nH]c2=O)[C@@](F)([13C]([2H])([2H])[2H])[C@@H]1O)C(C)=O. The van der Waals surface area contributed by atoms with E-state index < -0.39 is 75.0 Å². The highest BCUT2D eigenvalue weighted by Gasteiger charge is 2.55. The second-order valence-corrected chi connectivity index (χ2v) is 8.28. The largest absolute Gasteiger partial charge is 0.387 e. The zero-order chi connectivity index (χ0) is 25.6. The van der Waals surface area contributed by atoms with Gasteiger partial charge in [0, 0.05) is 27.2 Å². The molecule has 1 aromatic heterocycles. The molecule has 0 amide bonds. The molecular formula is C15H23FN3O7P. The quantitative estimate of drug-likeness (QED) is 0.416. The van der Waals surface area contributed by atoms with Crippen LogP contribution in [0.25, 0.3) is 0 Å². The molecule has 0 unspecified atom stereocenters. The summed E-state index contributed by atoms with van der Waals surface area (Å²) in [6.07, 6.45) is -5.64. The van der Waals surface area contributed by atoms with Gasteiger partial charge < -0.3 is 14.4 Å². The molecular weight excluding hydrogens is 385 g/mol. The Labute approximate surface area is 162 Å². The van der Waals surface area contributed by atoms with Crippen molar-refractivity contribution in [1.82, 2.24) is 14.6 Å². The molecule has 0 radical (unpaired) electrons. The van der Waals surface area contributed by atoms with Crippen LogP contribution in [-0.4, -0.2) is 57.6 Å². The van der Waals surface area contributed by atoms with Gasteiger partial charge in [-0.2, -0.15) is 0 Å². The third-order valence-electron chi connectivity index (χ3n) is 3.80. The summed E-state index contributed by atoms with van der Waals surface area (Å²) in [5.74, 6) is -0.861. The number of ether oxygens (including phenoxy) is 1. The average Bonchev–Trinajstić information content (AvgIpc) is 2.89. The molecule has 27 heavy (non-hydrogen) atoms. The minimum Gasteiger partial charge on any atom is -0.387 e. The Bertz CT molecular complexity index is 1060. The second kappa shape index (κ2) is 7.76. The lowest BCUT2D eigenvalue weighted by Crippen LogP contribution is -2.43. The number of aliphatic hydroxyl groups is 1. The van der Waals surface area contributed by atoms with E-state index in [2.05, 4.69) is 5.09 Å². The van der Waals surface area contributed by atoms with E-state index in [4.69, 9.17) is 17.5 Å². The number of Topliss-reactive ketones (excluding diaryl/α,β-unsaturated/α-hetero) is 1. The topological polar surface area (TPSA) is 140 Å². The minimum atomic E-state index is -4.07. The van der Waals surface area contributed by atoms with Crippen LogP contribution in [0.4, 0.5) is 4.39 Å². The molecule has 0 aromatic carbocycles. The van der Waals surface area contributed by atoms with Gasteiger partial charge in [0.05, 0.1) is 12.6 Å². The normalized spacial score (nSPS) is 35.6. The van der Waals surface area contributed by atoms with Crippen molar-refractivity contribution >= 4 is 13.3 Å². The standard InChI is InChI=1S/C15H23FN3O7P/c1-8(9(2)20)18-27(4,24)25-7-10-12(22)15(3,16)13(26-10)19-6-5-11(21)17-14(19)23/h5-6,8,10,12-13,22H,7H2,1-4H3,(H,18,24)(H,17,21,23)/t8-,10+,12+,13+,15+,27+/m0/s1/i1D3,3+1D3. The molecule has 10 nitrogen and oxygen atoms in total. The molecule has 6 atom stereocenters. The van der Waals surface area contributed by atoms with Gasteiger partial charge in [0.15, 0.2) is 11.9 Å².